The van der Waals surface area contributed by atoms with Crippen molar-refractivity contribution in [3.63, 3.8) is 0 Å². The van der Waals surface area contributed by atoms with E-state index in [1.807, 2.05) is 6.92 Å². The molecule has 0 bridgehead atoms. The normalized spacial score (nSPS) is 15.9. The summed E-state index contributed by atoms with van der Waals surface area (Å²) in [7, 11) is 3.04. The summed E-state index contributed by atoms with van der Waals surface area (Å²) < 4.78 is 16.5. The molecule has 0 fully saturated rings. The molecule has 3 heterocycles. The molecule has 8 nitrogen and oxygen atoms in total. The first-order valence-corrected chi connectivity index (χ1v) is 11.2. The molecule has 4 aromatic rings. The van der Waals surface area contributed by atoms with E-state index in [0.29, 0.717) is 33.2 Å². The van der Waals surface area contributed by atoms with E-state index in [2.05, 4.69) is 4.98 Å². The van der Waals surface area contributed by atoms with Gasteiger partial charge in [0.15, 0.2) is 28.0 Å². The molecule has 0 saturated carbocycles. The van der Waals surface area contributed by atoms with Gasteiger partial charge in [-0.2, -0.15) is 0 Å². The Bertz CT molecular complexity index is 1470. The molecular weight excluding hydrogens is 456 g/mol. The summed E-state index contributed by atoms with van der Waals surface area (Å²) in [6.45, 7) is 1.81. The maximum Gasteiger partial charge on any atom is 0.296 e. The van der Waals surface area contributed by atoms with Crippen LogP contribution in [0.25, 0.3) is 11.0 Å². The van der Waals surface area contributed by atoms with Crippen LogP contribution in [0.3, 0.4) is 0 Å². The summed E-state index contributed by atoms with van der Waals surface area (Å²) in [6, 6.07) is 13.0. The molecule has 2 aromatic carbocycles. The second-order valence-electron chi connectivity index (χ2n) is 7.71. The van der Waals surface area contributed by atoms with Crippen molar-refractivity contribution in [1.82, 2.24) is 4.98 Å². The minimum absolute atomic E-state index is 0.0149. The van der Waals surface area contributed by atoms with Crippen molar-refractivity contribution in [3.8, 4) is 11.5 Å². The number of para-hydroxylation sites is 1. The number of benzene rings is 2. The van der Waals surface area contributed by atoms with Crippen LogP contribution in [0.2, 0.25) is 0 Å². The number of nitrogens with zero attached hydrogens (tertiary/aromatic N) is 2. The van der Waals surface area contributed by atoms with Crippen molar-refractivity contribution < 1.29 is 28.6 Å². The van der Waals surface area contributed by atoms with Crippen LogP contribution >= 0.6 is 11.3 Å². The highest BCUT2D eigenvalue weighted by Crippen LogP contribution is 2.44. The number of aliphatic hydroxyl groups excluding tert-OH is 1. The molecule has 1 unspecified atom stereocenters. The lowest BCUT2D eigenvalue weighted by Gasteiger charge is -2.24. The number of ether oxygens (including phenoxy) is 2. The first kappa shape index (κ1) is 21.7. The minimum Gasteiger partial charge on any atom is -0.503 e. The van der Waals surface area contributed by atoms with Crippen LogP contribution in [0, 0.1) is 6.92 Å². The largest absolute Gasteiger partial charge is 0.503 e. The van der Waals surface area contributed by atoms with Gasteiger partial charge in [-0.15, -0.1) is 11.3 Å². The van der Waals surface area contributed by atoms with E-state index < -0.39 is 23.5 Å². The maximum absolute atomic E-state index is 13.7. The SMILES string of the molecule is COc1cccc(C2C(C(=O)c3cc4cccc(OC)c4o3)=C(O)C(=O)N2c2nc(C)cs2)c1. The van der Waals surface area contributed by atoms with E-state index in [9.17, 15) is 14.7 Å². The molecule has 0 spiro atoms. The Balaban J connectivity index is 1.67. The Labute approximate surface area is 198 Å². The fourth-order valence-corrected chi connectivity index (χ4v) is 4.88. The third kappa shape index (κ3) is 3.41. The molecule has 1 aliphatic rings. The molecule has 1 N–H and O–H groups in total. The van der Waals surface area contributed by atoms with Gasteiger partial charge >= 0.3 is 0 Å². The minimum atomic E-state index is -0.921. The van der Waals surface area contributed by atoms with E-state index in [1.165, 1.54) is 30.5 Å². The fraction of sp³-hybridized carbons (Fsp3) is 0.160. The molecule has 2 aromatic heterocycles. The Morgan fingerprint density at radius 2 is 1.94 bits per heavy atom. The second-order valence-corrected chi connectivity index (χ2v) is 8.54. The number of hydrogen-bond donors (Lipinski definition) is 1. The Kier molecular flexibility index (Phi) is 5.33. The second kappa shape index (κ2) is 8.35. The number of aryl methyl sites for hydroxylation is 1. The van der Waals surface area contributed by atoms with Crippen molar-refractivity contribution in [2.45, 2.75) is 13.0 Å². The van der Waals surface area contributed by atoms with Gasteiger partial charge in [0.05, 0.1) is 31.5 Å². The topological polar surface area (TPSA) is 102 Å². The van der Waals surface area contributed by atoms with Crippen LogP contribution in [0.5, 0.6) is 11.5 Å². The van der Waals surface area contributed by atoms with Crippen LogP contribution in [-0.4, -0.2) is 36.0 Å². The zero-order chi connectivity index (χ0) is 24.0. The number of hydrogen-bond acceptors (Lipinski definition) is 8. The van der Waals surface area contributed by atoms with Gasteiger partial charge in [-0.3, -0.25) is 14.5 Å². The Morgan fingerprint density at radius 3 is 2.65 bits per heavy atom. The van der Waals surface area contributed by atoms with Crippen LogP contribution in [0.1, 0.15) is 27.9 Å². The van der Waals surface area contributed by atoms with E-state index in [4.69, 9.17) is 13.9 Å². The standard InChI is InChI=1S/C25H20N2O6S/c1-13-12-34-25(26-13)27-20(14-6-4-8-16(10-14)31-2)19(22(29)24(27)30)21(28)18-11-15-7-5-9-17(32-3)23(15)33-18/h4-12,20,29H,1-3H3. The molecular formula is C25H20N2O6S. The molecule has 172 valence electrons. The first-order valence-electron chi connectivity index (χ1n) is 10.4. The number of furan rings is 1. The number of rotatable bonds is 6. The number of carbonyl (C=O) groups excluding carboxylic acids is 2. The van der Waals surface area contributed by atoms with E-state index >= 15 is 0 Å². The summed E-state index contributed by atoms with van der Waals surface area (Å²) in [4.78, 5) is 32.7. The summed E-state index contributed by atoms with van der Waals surface area (Å²) in [6.07, 6.45) is 0. The number of carbonyl (C=O) groups is 2. The molecule has 5 rings (SSSR count). The van der Waals surface area contributed by atoms with Crippen LogP contribution in [0.4, 0.5) is 5.13 Å². The Hall–Kier alpha value is -4.11. The quantitative estimate of drug-likeness (QED) is 0.391. The highest BCUT2D eigenvalue weighted by Gasteiger charge is 2.46. The van der Waals surface area contributed by atoms with Crippen molar-refractivity contribution in [1.29, 1.82) is 0 Å². The van der Waals surface area contributed by atoms with Gasteiger partial charge in [-0.05, 0) is 36.8 Å². The zero-order valence-electron chi connectivity index (χ0n) is 18.6. The molecule has 34 heavy (non-hydrogen) atoms. The van der Waals surface area contributed by atoms with Gasteiger partial charge < -0.3 is 19.0 Å². The van der Waals surface area contributed by atoms with Crippen LogP contribution < -0.4 is 14.4 Å². The molecule has 0 aliphatic carbocycles. The summed E-state index contributed by atoms with van der Waals surface area (Å²) in [5.74, 6) is -0.947. The maximum atomic E-state index is 13.7. The van der Waals surface area contributed by atoms with Crippen molar-refractivity contribution >= 4 is 39.1 Å². The number of Topliss-reactive ketones (excluding diaryl/α,β-unsaturated/α-hetero) is 1. The van der Waals surface area contributed by atoms with Crippen molar-refractivity contribution in [2.24, 2.45) is 0 Å². The lowest BCUT2D eigenvalue weighted by molar-refractivity contribution is -0.117. The number of aliphatic hydroxyl groups is 1. The number of ketones is 1. The van der Waals surface area contributed by atoms with Gasteiger partial charge in [0.1, 0.15) is 5.75 Å². The highest BCUT2D eigenvalue weighted by molar-refractivity contribution is 7.14. The third-order valence-corrected chi connectivity index (χ3v) is 6.58. The van der Waals surface area contributed by atoms with Crippen LogP contribution in [0.15, 0.2) is 69.7 Å². The number of methoxy groups -OCH3 is 2. The number of thiazole rings is 1. The van der Waals surface area contributed by atoms with Gasteiger partial charge in [-0.25, -0.2) is 4.98 Å². The Morgan fingerprint density at radius 1 is 1.15 bits per heavy atom. The first-order chi connectivity index (χ1) is 16.4. The van der Waals surface area contributed by atoms with Crippen LogP contribution in [-0.2, 0) is 4.79 Å². The number of anilines is 1. The highest BCUT2D eigenvalue weighted by atomic mass is 32.1. The molecule has 1 atom stereocenters. The fourth-order valence-electron chi connectivity index (χ4n) is 4.06. The summed E-state index contributed by atoms with van der Waals surface area (Å²) >= 11 is 1.25. The lowest BCUT2D eigenvalue weighted by atomic mass is 9.95. The van der Waals surface area contributed by atoms with Gasteiger partial charge in [0.2, 0.25) is 5.78 Å². The molecule has 0 saturated heterocycles. The monoisotopic (exact) mass is 476 g/mol. The number of amides is 1. The third-order valence-electron chi connectivity index (χ3n) is 5.63. The smallest absolute Gasteiger partial charge is 0.296 e. The van der Waals surface area contributed by atoms with Gasteiger partial charge in [0.25, 0.3) is 5.91 Å². The average Bonchev–Trinajstić information content (AvgIpc) is 3.54. The van der Waals surface area contributed by atoms with Crippen molar-refractivity contribution in [3.05, 3.63) is 82.3 Å². The zero-order valence-corrected chi connectivity index (χ0v) is 19.4. The number of fused-ring (bicyclic) bond motifs is 1. The summed E-state index contributed by atoms with van der Waals surface area (Å²) in [5.41, 5.74) is 1.62. The molecule has 1 aliphatic heterocycles. The molecule has 1 amide bonds. The average molecular weight is 477 g/mol. The van der Waals surface area contributed by atoms with E-state index in [1.54, 1.807) is 53.9 Å². The summed E-state index contributed by atoms with van der Waals surface area (Å²) in [5, 5.41) is 13.7. The van der Waals surface area contributed by atoms with E-state index in [-0.39, 0.29) is 11.3 Å². The lowest BCUT2D eigenvalue weighted by Crippen LogP contribution is -2.31. The van der Waals surface area contributed by atoms with Gasteiger partial charge in [0, 0.05) is 10.8 Å². The molecule has 0 radical (unpaired) electrons. The predicted octanol–water partition coefficient (Wildman–Crippen LogP) is 5.00. The molecule has 9 heteroatoms. The predicted molar refractivity (Wildman–Crippen MR) is 127 cm³/mol. The number of aromatic nitrogens is 1. The van der Waals surface area contributed by atoms with Crippen molar-refractivity contribution in [2.75, 3.05) is 19.1 Å². The van der Waals surface area contributed by atoms with Gasteiger partial charge in [-0.1, -0.05) is 24.3 Å². The van der Waals surface area contributed by atoms with E-state index in [0.717, 1.165) is 5.69 Å².